The number of aryl methyl sites for hydroxylation is 1. The number of hydrogen-bond acceptors (Lipinski definition) is 6. The summed E-state index contributed by atoms with van der Waals surface area (Å²) in [6.45, 7) is 5.30. The number of aromatic nitrogens is 2. The molecular weight excluding hydrogens is 316 g/mol. The van der Waals surface area contributed by atoms with Gasteiger partial charge in [0.2, 0.25) is 11.9 Å². The maximum atomic E-state index is 11.2. The Labute approximate surface area is 148 Å². The Morgan fingerprint density at radius 3 is 2.64 bits per heavy atom. The third-order valence-corrected chi connectivity index (χ3v) is 3.38. The van der Waals surface area contributed by atoms with Crippen molar-refractivity contribution in [2.24, 2.45) is 0 Å². The monoisotopic (exact) mass is 342 g/mol. The molecule has 1 aromatic carbocycles. The van der Waals surface area contributed by atoms with Gasteiger partial charge in [0.15, 0.2) is 0 Å². The second-order valence-corrected chi connectivity index (χ2v) is 6.19. The molecule has 0 spiro atoms. The van der Waals surface area contributed by atoms with Crippen LogP contribution in [0.4, 0.5) is 23.1 Å². The van der Waals surface area contributed by atoms with Crippen LogP contribution in [0.15, 0.2) is 30.3 Å². The van der Waals surface area contributed by atoms with Crippen LogP contribution in [0.1, 0.15) is 19.0 Å². The molecule has 0 bridgehead atoms. The van der Waals surface area contributed by atoms with Crippen LogP contribution < -0.4 is 16.0 Å². The maximum absolute atomic E-state index is 11.2. The van der Waals surface area contributed by atoms with Gasteiger partial charge in [0.1, 0.15) is 5.82 Å². The van der Waals surface area contributed by atoms with Gasteiger partial charge in [0.05, 0.1) is 0 Å². The first kappa shape index (κ1) is 18.7. The number of hydrogen-bond donors (Lipinski definition) is 3. The third kappa shape index (κ3) is 6.76. The van der Waals surface area contributed by atoms with E-state index in [2.05, 4.69) is 44.9 Å². The summed E-state index contributed by atoms with van der Waals surface area (Å²) >= 11 is 0. The van der Waals surface area contributed by atoms with Gasteiger partial charge < -0.3 is 20.9 Å². The minimum absolute atomic E-state index is 0.104. The Morgan fingerprint density at radius 1 is 1.16 bits per heavy atom. The average Bonchev–Trinajstić information content (AvgIpc) is 2.50. The van der Waals surface area contributed by atoms with Gasteiger partial charge in [-0.25, -0.2) is 4.98 Å². The van der Waals surface area contributed by atoms with E-state index in [4.69, 9.17) is 0 Å². The van der Waals surface area contributed by atoms with Gasteiger partial charge in [-0.2, -0.15) is 4.98 Å². The van der Waals surface area contributed by atoms with Gasteiger partial charge in [-0.3, -0.25) is 4.79 Å². The summed E-state index contributed by atoms with van der Waals surface area (Å²) < 4.78 is 0. The van der Waals surface area contributed by atoms with E-state index in [0.717, 1.165) is 42.4 Å². The predicted octanol–water partition coefficient (Wildman–Crippen LogP) is 2.85. The van der Waals surface area contributed by atoms with E-state index in [0.29, 0.717) is 5.95 Å². The zero-order valence-electron chi connectivity index (χ0n) is 15.3. The minimum atomic E-state index is -0.104. The molecule has 7 nitrogen and oxygen atoms in total. The van der Waals surface area contributed by atoms with Gasteiger partial charge in [0.25, 0.3) is 0 Å². The molecule has 1 amide bonds. The van der Waals surface area contributed by atoms with Crippen molar-refractivity contribution in [3.05, 3.63) is 36.0 Å². The Balaban J connectivity index is 2.03. The van der Waals surface area contributed by atoms with Crippen molar-refractivity contribution in [3.63, 3.8) is 0 Å². The fourth-order valence-electron chi connectivity index (χ4n) is 2.33. The molecule has 0 aliphatic rings. The van der Waals surface area contributed by atoms with E-state index < -0.39 is 0 Å². The summed E-state index contributed by atoms with van der Waals surface area (Å²) in [6, 6.07) is 9.37. The van der Waals surface area contributed by atoms with Crippen molar-refractivity contribution in [2.75, 3.05) is 43.1 Å². The fraction of sp³-hybridized carbons (Fsp3) is 0.389. The Hall–Kier alpha value is -2.67. The fourth-order valence-corrected chi connectivity index (χ4v) is 2.33. The van der Waals surface area contributed by atoms with Crippen LogP contribution in [0.3, 0.4) is 0 Å². The van der Waals surface area contributed by atoms with Crippen LogP contribution in [-0.4, -0.2) is 48.0 Å². The van der Waals surface area contributed by atoms with E-state index >= 15 is 0 Å². The zero-order chi connectivity index (χ0) is 18.2. The lowest BCUT2D eigenvalue weighted by molar-refractivity contribution is -0.114. The molecule has 0 aliphatic carbocycles. The number of carbonyl (C=O) groups is 1. The molecule has 1 aromatic heterocycles. The largest absolute Gasteiger partial charge is 0.370 e. The molecule has 134 valence electrons. The highest BCUT2D eigenvalue weighted by atomic mass is 16.1. The number of carbonyl (C=O) groups excluding carboxylic acids is 1. The second-order valence-electron chi connectivity index (χ2n) is 6.19. The van der Waals surface area contributed by atoms with Crippen molar-refractivity contribution in [3.8, 4) is 0 Å². The lowest BCUT2D eigenvalue weighted by Crippen LogP contribution is -2.17. The molecule has 3 N–H and O–H groups in total. The standard InChI is InChI=1S/C18H26N6O/c1-13-11-17(19-9-6-10-24(3)4)23-18(20-13)22-16-8-5-7-15(12-16)21-14(2)25/h5,7-8,11-12H,6,9-10H2,1-4H3,(H,21,25)(H2,19,20,22,23). The quantitative estimate of drug-likeness (QED) is 0.640. The molecule has 0 saturated carbocycles. The number of benzene rings is 1. The summed E-state index contributed by atoms with van der Waals surface area (Å²) in [5.74, 6) is 1.22. The molecule has 0 radical (unpaired) electrons. The van der Waals surface area contributed by atoms with Crippen LogP contribution >= 0.6 is 0 Å². The first-order chi connectivity index (χ1) is 11.9. The summed E-state index contributed by atoms with van der Waals surface area (Å²) in [7, 11) is 4.12. The van der Waals surface area contributed by atoms with Crippen LogP contribution in [-0.2, 0) is 4.79 Å². The summed E-state index contributed by atoms with van der Waals surface area (Å²) in [5.41, 5.74) is 2.42. The predicted molar refractivity (Wildman–Crippen MR) is 102 cm³/mol. The summed E-state index contributed by atoms with van der Waals surface area (Å²) in [4.78, 5) is 22.2. The molecule has 7 heteroatoms. The molecule has 0 atom stereocenters. The Kier molecular flexibility index (Phi) is 6.71. The Bertz CT molecular complexity index is 716. The lowest BCUT2D eigenvalue weighted by atomic mass is 10.2. The molecule has 0 unspecified atom stereocenters. The van der Waals surface area contributed by atoms with Crippen LogP contribution in [0.25, 0.3) is 0 Å². The average molecular weight is 342 g/mol. The van der Waals surface area contributed by atoms with E-state index in [-0.39, 0.29) is 5.91 Å². The molecule has 2 aromatic rings. The molecule has 2 rings (SSSR count). The first-order valence-electron chi connectivity index (χ1n) is 8.31. The molecule has 0 saturated heterocycles. The molecule has 1 heterocycles. The van der Waals surface area contributed by atoms with Crippen LogP contribution in [0.5, 0.6) is 0 Å². The SMILES string of the molecule is CC(=O)Nc1cccc(Nc2nc(C)cc(NCCCN(C)C)n2)c1. The van der Waals surface area contributed by atoms with E-state index in [1.807, 2.05) is 37.3 Å². The third-order valence-electron chi connectivity index (χ3n) is 3.38. The van der Waals surface area contributed by atoms with Crippen LogP contribution in [0.2, 0.25) is 0 Å². The van der Waals surface area contributed by atoms with Gasteiger partial charge in [0, 0.05) is 36.6 Å². The van der Waals surface area contributed by atoms with Crippen molar-refractivity contribution in [1.82, 2.24) is 14.9 Å². The highest BCUT2D eigenvalue weighted by Crippen LogP contribution is 2.19. The van der Waals surface area contributed by atoms with Gasteiger partial charge in [-0.15, -0.1) is 0 Å². The van der Waals surface area contributed by atoms with E-state index in [9.17, 15) is 4.79 Å². The molecular formula is C18H26N6O. The topological polar surface area (TPSA) is 82.2 Å². The molecule has 25 heavy (non-hydrogen) atoms. The first-order valence-corrected chi connectivity index (χ1v) is 8.31. The molecule has 0 fully saturated rings. The highest BCUT2D eigenvalue weighted by molar-refractivity contribution is 5.89. The Morgan fingerprint density at radius 2 is 1.92 bits per heavy atom. The number of rotatable bonds is 8. The maximum Gasteiger partial charge on any atom is 0.229 e. The minimum Gasteiger partial charge on any atom is -0.370 e. The zero-order valence-corrected chi connectivity index (χ0v) is 15.3. The second kappa shape index (κ2) is 8.98. The number of nitrogens with zero attached hydrogens (tertiary/aromatic N) is 3. The normalized spacial score (nSPS) is 10.6. The summed E-state index contributed by atoms with van der Waals surface area (Å²) in [6.07, 6.45) is 1.04. The van der Waals surface area contributed by atoms with Crippen molar-refractivity contribution < 1.29 is 4.79 Å². The van der Waals surface area contributed by atoms with Gasteiger partial charge in [-0.05, 0) is 52.2 Å². The van der Waals surface area contributed by atoms with Crippen molar-refractivity contribution in [2.45, 2.75) is 20.3 Å². The van der Waals surface area contributed by atoms with Gasteiger partial charge in [-0.1, -0.05) is 6.07 Å². The highest BCUT2D eigenvalue weighted by Gasteiger charge is 2.04. The number of anilines is 4. The van der Waals surface area contributed by atoms with E-state index in [1.54, 1.807) is 0 Å². The smallest absolute Gasteiger partial charge is 0.229 e. The number of amides is 1. The van der Waals surface area contributed by atoms with Crippen molar-refractivity contribution in [1.29, 1.82) is 0 Å². The lowest BCUT2D eigenvalue weighted by Gasteiger charge is -2.12. The van der Waals surface area contributed by atoms with Crippen molar-refractivity contribution >= 4 is 29.0 Å². The van der Waals surface area contributed by atoms with E-state index in [1.165, 1.54) is 6.92 Å². The number of nitrogens with one attached hydrogen (secondary N) is 3. The van der Waals surface area contributed by atoms with Gasteiger partial charge >= 0.3 is 0 Å². The van der Waals surface area contributed by atoms with Crippen LogP contribution in [0, 0.1) is 6.92 Å². The molecule has 0 aliphatic heterocycles. The summed E-state index contributed by atoms with van der Waals surface area (Å²) in [5, 5.41) is 9.28.